The van der Waals surface area contributed by atoms with Crippen LogP contribution in [0.4, 0.5) is 15.5 Å². The van der Waals surface area contributed by atoms with Crippen molar-refractivity contribution in [2.45, 2.75) is 140 Å². The highest BCUT2D eigenvalue weighted by molar-refractivity contribution is 6.80. The van der Waals surface area contributed by atoms with E-state index < -0.39 is 70.7 Å². The molecule has 3 aliphatic rings. The van der Waals surface area contributed by atoms with E-state index in [1.165, 1.54) is 6.33 Å². The number of carbonyl (C=O) groups excluding carboxylic acids is 2. The van der Waals surface area contributed by atoms with Gasteiger partial charge in [0.2, 0.25) is 11.9 Å². The van der Waals surface area contributed by atoms with Crippen LogP contribution in [0, 0.1) is 0 Å². The van der Waals surface area contributed by atoms with Crippen LogP contribution >= 0.6 is 0 Å². The van der Waals surface area contributed by atoms with Crippen LogP contribution in [0.3, 0.4) is 0 Å². The van der Waals surface area contributed by atoms with Crippen LogP contribution in [0.15, 0.2) is 16.1 Å². The van der Waals surface area contributed by atoms with Gasteiger partial charge in [-0.1, -0.05) is 41.5 Å². The van der Waals surface area contributed by atoms with Crippen LogP contribution < -0.4 is 17.0 Å². The zero-order chi connectivity index (χ0) is 38.1. The number of nitrogens with zero attached hydrogens (tertiary/aromatic N) is 5. The second kappa shape index (κ2) is 13.2. The first-order valence-corrected chi connectivity index (χ1v) is 20.6. The lowest BCUT2D eigenvalue weighted by molar-refractivity contribution is -0.0735. The predicted octanol–water partition coefficient (Wildman–Crippen LogP) is 3.16. The molecule has 0 aliphatic carbocycles. The van der Waals surface area contributed by atoms with E-state index in [1.807, 2.05) is 0 Å². The molecule has 3 fully saturated rings. The summed E-state index contributed by atoms with van der Waals surface area (Å²) in [7, 11) is -4.08. The summed E-state index contributed by atoms with van der Waals surface area (Å²) in [6, 6.07) is 0. The first-order valence-electron chi connectivity index (χ1n) is 17.2. The van der Waals surface area contributed by atoms with Crippen molar-refractivity contribution in [1.29, 1.82) is 0 Å². The molecule has 284 valence electrons. The third-order valence-electron chi connectivity index (χ3n) is 8.70. The molecule has 5 heterocycles. The molecular weight excluding hydrogens is 697 g/mol. The van der Waals surface area contributed by atoms with Crippen molar-refractivity contribution in [2.75, 3.05) is 18.9 Å². The number of rotatable bonds is 6. The van der Waals surface area contributed by atoms with Gasteiger partial charge in [0.25, 0.3) is 5.56 Å². The van der Waals surface area contributed by atoms with E-state index >= 15 is 0 Å². The van der Waals surface area contributed by atoms with Gasteiger partial charge in [-0.25, -0.2) is 19.5 Å². The number of ether oxygens (including phenoxy) is 4. The number of guanidine groups is 1. The number of nitrogens with two attached hydrogens (primary N) is 2. The molecule has 19 heteroatoms. The highest BCUT2D eigenvalue weighted by Crippen LogP contribution is 2.64. The van der Waals surface area contributed by atoms with Crippen molar-refractivity contribution in [1.82, 2.24) is 24.4 Å². The fraction of sp³-hybridized carbons (Fsp3) is 0.750. The number of hydrogen-bond acceptors (Lipinski definition) is 12. The first kappa shape index (κ1) is 38.9. The number of anilines is 1. The van der Waals surface area contributed by atoms with Crippen molar-refractivity contribution in [3.63, 3.8) is 0 Å². The Morgan fingerprint density at radius 3 is 2.27 bits per heavy atom. The van der Waals surface area contributed by atoms with Gasteiger partial charge in [0, 0.05) is 18.2 Å². The van der Waals surface area contributed by atoms with Crippen molar-refractivity contribution < 1.29 is 37.4 Å². The summed E-state index contributed by atoms with van der Waals surface area (Å²) >= 11 is 0. The molecule has 5 rings (SSSR count). The van der Waals surface area contributed by atoms with Crippen molar-refractivity contribution in [3.8, 4) is 0 Å². The maximum absolute atomic E-state index is 13.2. The molecule has 2 aromatic rings. The highest BCUT2D eigenvalue weighted by atomic mass is 28.3. The molecule has 0 aromatic carbocycles. The van der Waals surface area contributed by atoms with E-state index in [0.29, 0.717) is 0 Å². The lowest BCUT2D eigenvalue weighted by Gasteiger charge is -2.38. The Bertz CT molecular complexity index is 1740. The van der Waals surface area contributed by atoms with E-state index in [9.17, 15) is 14.4 Å². The van der Waals surface area contributed by atoms with Crippen LogP contribution in [0.5, 0.6) is 0 Å². The number of imidazole rings is 1. The van der Waals surface area contributed by atoms with Crippen LogP contribution in [-0.2, 0) is 27.8 Å². The third kappa shape index (κ3) is 8.02. The highest BCUT2D eigenvalue weighted by Gasteiger charge is 2.83. The summed E-state index contributed by atoms with van der Waals surface area (Å²) in [5.74, 6) is -0.427. The average Bonchev–Trinajstić information content (AvgIpc) is 3.25. The summed E-state index contributed by atoms with van der Waals surface area (Å²) in [5.41, 5.74) is 10.3. The van der Waals surface area contributed by atoms with Crippen molar-refractivity contribution >= 4 is 53.3 Å². The Kier molecular flexibility index (Phi) is 10.1. The number of aliphatic imine (C=N–C) groups is 1. The number of H-pyrrole nitrogens is 1. The number of nitrogen functional groups attached to an aromatic ring is 1. The number of hydrogen-bond donors (Lipinski definition) is 3. The summed E-state index contributed by atoms with van der Waals surface area (Å²) in [4.78, 5) is 54.6. The molecule has 0 radical (unpaired) electrons. The zero-order valence-corrected chi connectivity index (χ0v) is 34.0. The largest absolute Gasteiger partial charge is 0.443 e. The molecule has 2 amide bonds. The summed E-state index contributed by atoms with van der Waals surface area (Å²) in [6.45, 7) is 23.4. The number of nitrogens with one attached hydrogen (secondary N) is 1. The van der Waals surface area contributed by atoms with E-state index in [0.717, 1.165) is 4.90 Å². The Morgan fingerprint density at radius 2 is 1.69 bits per heavy atom. The molecule has 3 saturated heterocycles. The number of amides is 2. The molecule has 0 saturated carbocycles. The van der Waals surface area contributed by atoms with Gasteiger partial charge >= 0.3 is 21.5 Å². The Hall–Kier alpha value is -3.37. The van der Waals surface area contributed by atoms with E-state index in [4.69, 9.17) is 39.3 Å². The second-order valence-electron chi connectivity index (χ2n) is 17.6. The van der Waals surface area contributed by atoms with Gasteiger partial charge in [-0.3, -0.25) is 14.3 Å². The fourth-order valence-electron chi connectivity index (χ4n) is 6.80. The number of fused-ring (bicyclic) bond motifs is 1. The van der Waals surface area contributed by atoms with Crippen LogP contribution in [0.25, 0.3) is 11.2 Å². The SMILES string of the molecule is CC(C)(C)OC(=O)N=C(N)N(CCCO[C@H]1[C@H](n2cnc3c(=O)[nH]c(N)nc32)O[C@]23C(O[SiH](C(C)(C)C)O[C@@H]12)[SiH]3C(C)(C)C)C(=O)OC(C)(C)C. The topological polar surface area (TPSA) is 221 Å². The second-order valence-corrected chi connectivity index (χ2v) is 24.7. The van der Waals surface area contributed by atoms with E-state index in [1.54, 1.807) is 46.1 Å². The summed E-state index contributed by atoms with van der Waals surface area (Å²) in [6.07, 6.45) is -1.87. The molecule has 2 aromatic heterocycles. The lowest BCUT2D eigenvalue weighted by Crippen LogP contribution is -2.52. The predicted molar refractivity (Wildman–Crippen MR) is 194 cm³/mol. The lowest BCUT2D eigenvalue weighted by atomic mass is 10.1. The maximum Gasteiger partial charge on any atom is 0.437 e. The van der Waals surface area contributed by atoms with Gasteiger partial charge in [0.1, 0.15) is 37.4 Å². The minimum Gasteiger partial charge on any atom is -0.443 e. The minimum atomic E-state index is -2.25. The molecule has 0 bridgehead atoms. The first-order chi connectivity index (χ1) is 23.3. The Morgan fingerprint density at radius 1 is 1.04 bits per heavy atom. The van der Waals surface area contributed by atoms with E-state index in [2.05, 4.69) is 61.5 Å². The minimum absolute atomic E-state index is 0.00783. The molecule has 5 N–H and O–H groups in total. The van der Waals surface area contributed by atoms with Crippen molar-refractivity contribution in [2.24, 2.45) is 10.7 Å². The van der Waals surface area contributed by atoms with Gasteiger partial charge in [0.05, 0.1) is 12.1 Å². The zero-order valence-electron chi connectivity index (χ0n) is 31.7. The van der Waals surface area contributed by atoms with Gasteiger partial charge in [-0.15, -0.1) is 4.99 Å². The van der Waals surface area contributed by atoms with Crippen LogP contribution in [-0.4, -0.2) is 108 Å². The van der Waals surface area contributed by atoms with E-state index in [-0.39, 0.29) is 58.4 Å². The van der Waals surface area contributed by atoms with Gasteiger partial charge < -0.3 is 39.3 Å². The number of aromatic nitrogens is 4. The molecular formula is C32H54N8O9Si2. The molecule has 3 unspecified atom stereocenters. The quantitative estimate of drug-likeness (QED) is 0.167. The van der Waals surface area contributed by atoms with Crippen LogP contribution in [0.1, 0.15) is 95.7 Å². The number of aromatic amines is 1. The normalized spacial score (nSPS) is 28.3. The third-order valence-corrected chi connectivity index (χ3v) is 16.0. The smallest absolute Gasteiger partial charge is 0.437 e. The molecule has 3 aliphatic heterocycles. The molecule has 51 heavy (non-hydrogen) atoms. The maximum atomic E-state index is 13.2. The standard InChI is InChI=1S/C32H54N8O9Si2/c1-28(2,3)46-26(42)38-25(34)39(27(43)47-29(4,5)6)14-13-15-44-18-19-32(23(50(32)30(7,8)9)49-51(48-19)31(10,11)12)45-22(18)40-16-35-17-20(40)36-24(33)37-21(17)41/h16,18-19,22-23,50-51H,13-15H2,1-12H3,(H2,34,38,42)(H3,33,36,37,41)/t18-,19+,22-,23?,32-,50?,51?/m1/s1. The molecule has 17 nitrogen and oxygen atoms in total. The average molecular weight is 751 g/mol. The Balaban J connectivity index is 1.45. The Labute approximate surface area is 301 Å². The number of carbonyl (C=O) groups is 2. The van der Waals surface area contributed by atoms with Crippen molar-refractivity contribution in [3.05, 3.63) is 16.7 Å². The molecule has 7 atom stereocenters. The molecule has 1 spiro atoms. The monoisotopic (exact) mass is 750 g/mol. The fourth-order valence-corrected chi connectivity index (χ4v) is 14.7. The summed E-state index contributed by atoms with van der Waals surface area (Å²) < 4.78 is 39.9. The van der Waals surface area contributed by atoms with Crippen LogP contribution in [0.2, 0.25) is 10.1 Å². The van der Waals surface area contributed by atoms with Gasteiger partial charge in [-0.05, 0) is 53.0 Å². The van der Waals surface area contributed by atoms with Gasteiger partial charge in [0.15, 0.2) is 17.4 Å². The summed E-state index contributed by atoms with van der Waals surface area (Å²) in [5, 5.41) is -0.973. The van der Waals surface area contributed by atoms with Gasteiger partial charge in [-0.2, -0.15) is 4.98 Å².